The standard InChI is InChI=1S/C9H12N4O/c1-7-6-8(12-13(7)2)9(14)11-5-3-4-10/h6H,3,5H2,1-2H3,(H,11,14). The minimum Gasteiger partial charge on any atom is -0.350 e. The van der Waals surface area contributed by atoms with Crippen LogP contribution in [0.15, 0.2) is 6.07 Å². The molecule has 0 spiro atoms. The van der Waals surface area contributed by atoms with Crippen LogP contribution in [0.25, 0.3) is 0 Å². The Kier molecular flexibility index (Phi) is 3.24. The zero-order valence-corrected chi connectivity index (χ0v) is 8.24. The van der Waals surface area contributed by atoms with Crippen molar-refractivity contribution in [1.82, 2.24) is 15.1 Å². The topological polar surface area (TPSA) is 70.7 Å². The minimum absolute atomic E-state index is 0.232. The number of nitriles is 1. The predicted molar refractivity (Wildman–Crippen MR) is 50.5 cm³/mol. The van der Waals surface area contributed by atoms with Crippen LogP contribution in [0.2, 0.25) is 0 Å². The molecule has 0 aliphatic rings. The van der Waals surface area contributed by atoms with Crippen LogP contribution >= 0.6 is 0 Å². The Morgan fingerprint density at radius 1 is 1.79 bits per heavy atom. The fraction of sp³-hybridized carbons (Fsp3) is 0.444. The molecule has 0 radical (unpaired) electrons. The molecule has 1 heterocycles. The summed E-state index contributed by atoms with van der Waals surface area (Å²) in [6.45, 7) is 2.24. The number of aromatic nitrogens is 2. The van der Waals surface area contributed by atoms with Crippen molar-refractivity contribution in [2.45, 2.75) is 13.3 Å². The Labute approximate surface area is 82.3 Å². The number of carbonyl (C=O) groups is 1. The van der Waals surface area contributed by atoms with Crippen LogP contribution < -0.4 is 5.32 Å². The zero-order chi connectivity index (χ0) is 10.6. The highest BCUT2D eigenvalue weighted by atomic mass is 16.1. The van der Waals surface area contributed by atoms with Crippen molar-refractivity contribution in [2.24, 2.45) is 7.05 Å². The van der Waals surface area contributed by atoms with Crippen molar-refractivity contribution >= 4 is 5.91 Å². The normalized spacial score (nSPS) is 9.50. The highest BCUT2D eigenvalue weighted by Crippen LogP contribution is 2.00. The third-order valence-electron chi connectivity index (χ3n) is 1.87. The predicted octanol–water partition coefficient (Wildman–Crippen LogP) is 0.372. The largest absolute Gasteiger partial charge is 0.350 e. The number of amides is 1. The molecule has 0 unspecified atom stereocenters. The number of nitrogens with one attached hydrogen (secondary N) is 1. The average molecular weight is 192 g/mol. The monoisotopic (exact) mass is 192 g/mol. The highest BCUT2D eigenvalue weighted by Gasteiger charge is 2.09. The molecule has 1 N–H and O–H groups in total. The molecule has 0 bridgehead atoms. The van der Waals surface area contributed by atoms with Crippen LogP contribution in [0.1, 0.15) is 22.6 Å². The van der Waals surface area contributed by atoms with Crippen molar-refractivity contribution in [3.8, 4) is 6.07 Å². The summed E-state index contributed by atoms with van der Waals surface area (Å²) < 4.78 is 1.64. The van der Waals surface area contributed by atoms with Crippen molar-refractivity contribution in [3.05, 3.63) is 17.5 Å². The summed E-state index contributed by atoms with van der Waals surface area (Å²) in [5.74, 6) is -0.232. The Morgan fingerprint density at radius 3 is 3.00 bits per heavy atom. The Hall–Kier alpha value is -1.83. The first-order valence-corrected chi connectivity index (χ1v) is 4.31. The smallest absolute Gasteiger partial charge is 0.271 e. The lowest BCUT2D eigenvalue weighted by Gasteiger charge is -1.97. The maximum absolute atomic E-state index is 11.4. The SMILES string of the molecule is Cc1cc(C(=O)NCCC#N)nn1C. The van der Waals surface area contributed by atoms with E-state index in [1.165, 1.54) is 0 Å². The molecule has 1 rings (SSSR count). The Balaban J connectivity index is 2.57. The van der Waals surface area contributed by atoms with Crippen LogP contribution in [-0.2, 0) is 7.05 Å². The van der Waals surface area contributed by atoms with Gasteiger partial charge in [0.2, 0.25) is 0 Å². The zero-order valence-electron chi connectivity index (χ0n) is 8.24. The number of rotatable bonds is 3. The average Bonchev–Trinajstić information content (AvgIpc) is 2.47. The van der Waals surface area contributed by atoms with Gasteiger partial charge in [-0.1, -0.05) is 0 Å². The minimum atomic E-state index is -0.232. The van der Waals surface area contributed by atoms with Crippen molar-refractivity contribution < 1.29 is 4.79 Å². The van der Waals surface area contributed by atoms with Gasteiger partial charge in [-0.2, -0.15) is 10.4 Å². The van der Waals surface area contributed by atoms with Crippen molar-refractivity contribution in [3.63, 3.8) is 0 Å². The second-order valence-corrected chi connectivity index (χ2v) is 2.96. The van der Waals surface area contributed by atoms with E-state index in [0.717, 1.165) is 5.69 Å². The third kappa shape index (κ3) is 2.33. The van der Waals surface area contributed by atoms with E-state index < -0.39 is 0 Å². The Morgan fingerprint density at radius 2 is 2.50 bits per heavy atom. The fourth-order valence-corrected chi connectivity index (χ4v) is 0.994. The molecular weight excluding hydrogens is 180 g/mol. The maximum Gasteiger partial charge on any atom is 0.271 e. The van der Waals surface area contributed by atoms with E-state index in [1.54, 1.807) is 17.8 Å². The van der Waals surface area contributed by atoms with Crippen molar-refractivity contribution in [2.75, 3.05) is 6.54 Å². The first-order valence-electron chi connectivity index (χ1n) is 4.31. The fourth-order valence-electron chi connectivity index (χ4n) is 0.994. The van der Waals surface area contributed by atoms with Gasteiger partial charge < -0.3 is 5.32 Å². The van der Waals surface area contributed by atoms with Gasteiger partial charge in [0.25, 0.3) is 5.91 Å². The Bertz CT molecular complexity index is 355. The summed E-state index contributed by atoms with van der Waals surface area (Å²) in [5, 5.41) is 14.9. The van der Waals surface area contributed by atoms with Crippen LogP contribution in [0.3, 0.4) is 0 Å². The molecule has 1 aromatic heterocycles. The molecule has 5 heteroatoms. The number of hydrogen-bond acceptors (Lipinski definition) is 3. The molecule has 0 aliphatic carbocycles. The summed E-state index contributed by atoms with van der Waals surface area (Å²) in [4.78, 5) is 11.4. The van der Waals surface area contributed by atoms with Gasteiger partial charge in [0.1, 0.15) is 5.69 Å². The second kappa shape index (κ2) is 4.42. The second-order valence-electron chi connectivity index (χ2n) is 2.96. The van der Waals surface area contributed by atoms with Gasteiger partial charge >= 0.3 is 0 Å². The molecule has 0 aromatic carbocycles. The van der Waals surface area contributed by atoms with Crippen LogP contribution in [0.5, 0.6) is 0 Å². The number of hydrogen-bond donors (Lipinski definition) is 1. The molecule has 0 aliphatic heterocycles. The van der Waals surface area contributed by atoms with Gasteiger partial charge in [-0.15, -0.1) is 0 Å². The summed E-state index contributed by atoms with van der Waals surface area (Å²) in [6, 6.07) is 3.66. The quantitative estimate of drug-likeness (QED) is 0.703. The lowest BCUT2D eigenvalue weighted by molar-refractivity contribution is 0.0949. The van der Waals surface area contributed by atoms with E-state index in [9.17, 15) is 4.79 Å². The molecule has 5 nitrogen and oxygen atoms in total. The third-order valence-corrected chi connectivity index (χ3v) is 1.87. The van der Waals surface area contributed by atoms with E-state index in [2.05, 4.69) is 10.4 Å². The summed E-state index contributed by atoms with van der Waals surface area (Å²) >= 11 is 0. The molecule has 0 saturated carbocycles. The molecular formula is C9H12N4O. The van der Waals surface area contributed by atoms with Crippen molar-refractivity contribution in [1.29, 1.82) is 5.26 Å². The van der Waals surface area contributed by atoms with E-state index in [4.69, 9.17) is 5.26 Å². The molecule has 0 fully saturated rings. The van der Waals surface area contributed by atoms with Gasteiger partial charge in [-0.3, -0.25) is 9.48 Å². The molecule has 0 saturated heterocycles. The first kappa shape index (κ1) is 10.3. The lowest BCUT2D eigenvalue weighted by Crippen LogP contribution is -2.24. The molecule has 1 aromatic rings. The van der Waals surface area contributed by atoms with Gasteiger partial charge in [0.05, 0.1) is 12.5 Å². The van der Waals surface area contributed by atoms with Gasteiger partial charge in [0.15, 0.2) is 0 Å². The highest BCUT2D eigenvalue weighted by molar-refractivity contribution is 5.92. The van der Waals surface area contributed by atoms with E-state index in [1.807, 2.05) is 13.0 Å². The van der Waals surface area contributed by atoms with Gasteiger partial charge in [-0.25, -0.2) is 0 Å². The van der Waals surface area contributed by atoms with E-state index >= 15 is 0 Å². The van der Waals surface area contributed by atoms with Crippen LogP contribution in [0, 0.1) is 18.3 Å². The molecule has 0 atom stereocenters. The van der Waals surface area contributed by atoms with Gasteiger partial charge in [0, 0.05) is 19.3 Å². The summed E-state index contributed by atoms with van der Waals surface area (Å²) in [5.41, 5.74) is 1.32. The van der Waals surface area contributed by atoms with E-state index in [0.29, 0.717) is 18.7 Å². The molecule has 14 heavy (non-hydrogen) atoms. The summed E-state index contributed by atoms with van der Waals surface area (Å²) in [7, 11) is 1.78. The lowest BCUT2D eigenvalue weighted by atomic mass is 10.3. The van der Waals surface area contributed by atoms with E-state index in [-0.39, 0.29) is 5.91 Å². The number of carbonyl (C=O) groups excluding carboxylic acids is 1. The first-order chi connectivity index (χ1) is 6.65. The van der Waals surface area contributed by atoms with Crippen LogP contribution in [0.4, 0.5) is 0 Å². The van der Waals surface area contributed by atoms with Gasteiger partial charge in [-0.05, 0) is 13.0 Å². The number of aryl methyl sites for hydroxylation is 2. The number of nitrogens with zero attached hydrogens (tertiary/aromatic N) is 3. The van der Waals surface area contributed by atoms with Crippen LogP contribution in [-0.4, -0.2) is 22.2 Å². The maximum atomic E-state index is 11.4. The summed E-state index contributed by atoms with van der Waals surface area (Å²) in [6.07, 6.45) is 0.317. The molecule has 1 amide bonds. The molecule has 74 valence electrons.